The quantitative estimate of drug-likeness (QED) is 0.747. The minimum absolute atomic E-state index is 0.0235. The molecule has 2 aromatic carbocycles. The predicted molar refractivity (Wildman–Crippen MR) is 94.3 cm³/mol. The smallest absolute Gasteiger partial charge is 0.321 e. The lowest BCUT2D eigenvalue weighted by molar-refractivity contribution is -0.137. The highest BCUT2D eigenvalue weighted by molar-refractivity contribution is 7.92. The lowest BCUT2D eigenvalue weighted by Gasteiger charge is -2.13. The third kappa shape index (κ3) is 5.26. The molecule has 0 radical (unpaired) electrons. The summed E-state index contributed by atoms with van der Waals surface area (Å²) in [4.78, 5) is 12.4. The van der Waals surface area contributed by atoms with Gasteiger partial charge in [-0.25, -0.2) is 8.42 Å². The van der Waals surface area contributed by atoms with Gasteiger partial charge in [0.1, 0.15) is 0 Å². The molecule has 0 fully saturated rings. The van der Waals surface area contributed by atoms with Crippen LogP contribution in [0.1, 0.15) is 15.9 Å². The molecule has 0 aliphatic rings. The van der Waals surface area contributed by atoms with Gasteiger partial charge in [-0.05, 0) is 36.4 Å². The van der Waals surface area contributed by atoms with Crippen molar-refractivity contribution < 1.29 is 26.4 Å². The number of halogens is 5. The zero-order chi connectivity index (χ0) is 19.7. The Balaban J connectivity index is 2.35. The lowest BCUT2D eigenvalue weighted by atomic mass is 10.1. The van der Waals surface area contributed by atoms with Crippen LogP contribution in [0.15, 0.2) is 36.4 Å². The van der Waals surface area contributed by atoms with E-state index in [2.05, 4.69) is 10.0 Å². The van der Waals surface area contributed by atoms with E-state index in [-0.39, 0.29) is 27.0 Å². The Bertz CT molecular complexity index is 963. The van der Waals surface area contributed by atoms with Gasteiger partial charge >= 0.3 is 6.18 Å². The van der Waals surface area contributed by atoms with Crippen LogP contribution in [0.3, 0.4) is 0 Å². The molecule has 11 heteroatoms. The van der Waals surface area contributed by atoms with E-state index in [4.69, 9.17) is 23.2 Å². The Morgan fingerprint density at radius 1 is 1.04 bits per heavy atom. The molecule has 1 amide bonds. The van der Waals surface area contributed by atoms with Gasteiger partial charge in [-0.15, -0.1) is 0 Å². The van der Waals surface area contributed by atoms with Crippen molar-refractivity contribution in [2.75, 3.05) is 16.3 Å². The zero-order valence-electron chi connectivity index (χ0n) is 13.0. The molecule has 2 N–H and O–H groups in total. The fourth-order valence-electron chi connectivity index (χ4n) is 1.96. The first kappa shape index (κ1) is 20.3. The molecule has 2 aromatic rings. The van der Waals surface area contributed by atoms with Crippen molar-refractivity contribution in [2.24, 2.45) is 0 Å². The Hall–Kier alpha value is -1.97. The Labute approximate surface area is 157 Å². The lowest BCUT2D eigenvalue weighted by Crippen LogP contribution is -2.15. The molecule has 0 atom stereocenters. The standard InChI is InChI=1S/C15H11Cl2F3N2O3S/c1-26(24,25)22-9-3-5-11(16)10(7-9)14(23)21-13-6-8(15(18,19)20)2-4-12(13)17/h2-7,22H,1H3,(H,21,23). The van der Waals surface area contributed by atoms with Crippen LogP contribution in [-0.4, -0.2) is 20.6 Å². The van der Waals surface area contributed by atoms with Crippen LogP contribution in [0.4, 0.5) is 24.5 Å². The van der Waals surface area contributed by atoms with E-state index < -0.39 is 27.7 Å². The summed E-state index contributed by atoms with van der Waals surface area (Å²) in [6.07, 6.45) is -3.69. The molecule has 0 saturated heterocycles. The highest BCUT2D eigenvalue weighted by Gasteiger charge is 2.31. The molecule has 0 aliphatic heterocycles. The number of amides is 1. The average molecular weight is 427 g/mol. The SMILES string of the molecule is CS(=O)(=O)Nc1ccc(Cl)c(C(=O)Nc2cc(C(F)(F)F)ccc2Cl)c1. The van der Waals surface area contributed by atoms with Crippen LogP contribution in [0.2, 0.25) is 10.0 Å². The van der Waals surface area contributed by atoms with E-state index in [9.17, 15) is 26.4 Å². The molecule has 140 valence electrons. The van der Waals surface area contributed by atoms with Crippen molar-refractivity contribution in [1.82, 2.24) is 0 Å². The molecule has 5 nitrogen and oxygen atoms in total. The van der Waals surface area contributed by atoms with Crippen molar-refractivity contribution >= 4 is 50.5 Å². The summed E-state index contributed by atoms with van der Waals surface area (Å²) in [5.74, 6) is -0.853. The molecular formula is C15H11Cl2F3N2O3S. The molecule has 0 spiro atoms. The molecule has 0 aliphatic carbocycles. The number of nitrogens with one attached hydrogen (secondary N) is 2. The summed E-state index contributed by atoms with van der Waals surface area (Å²) in [6.45, 7) is 0. The monoisotopic (exact) mass is 426 g/mol. The average Bonchev–Trinajstić information content (AvgIpc) is 2.48. The number of carbonyl (C=O) groups excluding carboxylic acids is 1. The van der Waals surface area contributed by atoms with Gasteiger partial charge in [0.25, 0.3) is 5.91 Å². The van der Waals surface area contributed by atoms with Gasteiger partial charge in [-0.1, -0.05) is 23.2 Å². The molecule has 0 saturated carbocycles. The van der Waals surface area contributed by atoms with Crippen molar-refractivity contribution in [3.05, 3.63) is 57.6 Å². The summed E-state index contributed by atoms with van der Waals surface area (Å²) in [7, 11) is -3.59. The molecule has 26 heavy (non-hydrogen) atoms. The third-order valence-electron chi connectivity index (χ3n) is 3.06. The summed E-state index contributed by atoms with van der Waals surface area (Å²) in [5, 5.41) is 2.11. The van der Waals surface area contributed by atoms with Crippen molar-refractivity contribution in [3.8, 4) is 0 Å². The van der Waals surface area contributed by atoms with Crippen molar-refractivity contribution in [3.63, 3.8) is 0 Å². The highest BCUT2D eigenvalue weighted by Crippen LogP contribution is 2.34. The third-order valence-corrected chi connectivity index (χ3v) is 4.32. The summed E-state index contributed by atoms with van der Waals surface area (Å²) in [6, 6.07) is 6.23. The van der Waals surface area contributed by atoms with E-state index >= 15 is 0 Å². The van der Waals surface area contributed by atoms with E-state index in [1.54, 1.807) is 0 Å². The maximum Gasteiger partial charge on any atom is 0.416 e. The number of hydrogen-bond acceptors (Lipinski definition) is 3. The van der Waals surface area contributed by atoms with Gasteiger partial charge in [0.05, 0.1) is 33.1 Å². The van der Waals surface area contributed by atoms with E-state index in [1.165, 1.54) is 12.1 Å². The number of alkyl halides is 3. The van der Waals surface area contributed by atoms with Crippen molar-refractivity contribution in [2.45, 2.75) is 6.18 Å². The second-order valence-electron chi connectivity index (χ2n) is 5.22. The van der Waals surface area contributed by atoms with Crippen LogP contribution in [-0.2, 0) is 16.2 Å². The van der Waals surface area contributed by atoms with E-state index in [0.717, 1.165) is 24.5 Å². The number of sulfonamides is 1. The first-order chi connectivity index (χ1) is 11.9. The Kier molecular flexibility index (Phi) is 5.74. The fraction of sp³-hybridized carbons (Fsp3) is 0.133. The highest BCUT2D eigenvalue weighted by atomic mass is 35.5. The van der Waals surface area contributed by atoms with Gasteiger partial charge in [0, 0.05) is 5.69 Å². The largest absolute Gasteiger partial charge is 0.416 e. The minimum Gasteiger partial charge on any atom is -0.321 e. The Morgan fingerprint density at radius 2 is 1.65 bits per heavy atom. The summed E-state index contributed by atoms with van der Waals surface area (Å²) in [5.41, 5.74) is -1.33. The van der Waals surface area contributed by atoms with E-state index in [0.29, 0.717) is 6.07 Å². The first-order valence-corrected chi connectivity index (χ1v) is 9.47. The number of benzene rings is 2. The second-order valence-corrected chi connectivity index (χ2v) is 7.78. The fourth-order valence-corrected chi connectivity index (χ4v) is 2.89. The number of rotatable bonds is 4. The molecule has 0 aromatic heterocycles. The maximum atomic E-state index is 12.8. The predicted octanol–water partition coefficient (Wildman–Crippen LogP) is 4.64. The number of carbonyl (C=O) groups is 1. The summed E-state index contributed by atoms with van der Waals surface area (Å²) >= 11 is 11.8. The van der Waals surface area contributed by atoms with E-state index in [1.807, 2.05) is 0 Å². The maximum absolute atomic E-state index is 12.8. The minimum atomic E-state index is -4.61. The normalized spacial score (nSPS) is 11.9. The van der Waals surface area contributed by atoms with Crippen molar-refractivity contribution in [1.29, 1.82) is 0 Å². The topological polar surface area (TPSA) is 75.3 Å². The van der Waals surface area contributed by atoms with Crippen LogP contribution < -0.4 is 10.0 Å². The number of hydrogen-bond donors (Lipinski definition) is 2. The van der Waals surface area contributed by atoms with Gasteiger partial charge in [0.2, 0.25) is 10.0 Å². The van der Waals surface area contributed by atoms with Crippen LogP contribution >= 0.6 is 23.2 Å². The molecule has 0 bridgehead atoms. The van der Waals surface area contributed by atoms with Crippen LogP contribution in [0.5, 0.6) is 0 Å². The van der Waals surface area contributed by atoms with Gasteiger partial charge in [-0.3, -0.25) is 9.52 Å². The van der Waals surface area contributed by atoms with Gasteiger partial charge in [0.15, 0.2) is 0 Å². The van der Waals surface area contributed by atoms with Gasteiger partial charge < -0.3 is 5.32 Å². The molecule has 2 rings (SSSR count). The van der Waals surface area contributed by atoms with Gasteiger partial charge in [-0.2, -0.15) is 13.2 Å². The first-order valence-electron chi connectivity index (χ1n) is 6.82. The summed E-state index contributed by atoms with van der Waals surface area (Å²) < 4.78 is 63.1. The second kappa shape index (κ2) is 7.34. The van der Waals surface area contributed by atoms with Crippen LogP contribution in [0.25, 0.3) is 0 Å². The number of anilines is 2. The Morgan fingerprint density at radius 3 is 2.23 bits per heavy atom. The molecular weight excluding hydrogens is 416 g/mol. The van der Waals surface area contributed by atoms with Crippen LogP contribution in [0, 0.1) is 0 Å². The molecule has 0 heterocycles. The molecule has 0 unspecified atom stereocenters. The zero-order valence-corrected chi connectivity index (χ0v) is 15.3.